The van der Waals surface area contributed by atoms with Crippen molar-refractivity contribution in [1.82, 2.24) is 14.5 Å². The summed E-state index contributed by atoms with van der Waals surface area (Å²) in [6, 6.07) is 49.8. The van der Waals surface area contributed by atoms with Crippen LogP contribution in [0.25, 0.3) is 70.7 Å². The standard InChI is InChI=1S/C33H23N2S.C18H24NSi.Ir/c1-21-19-24(23-11-4-3-5-12-23)20-22(2)31(21)35-29-17-8-7-16-28(29)34-33(35)27-15-10-14-26-25-13-6-9-18-30(25)36-32(26)27;1-13(2)16-11-17(15-9-7-14(3)8-10-15)19-12-18(16)20(4,5)6;/h3-14,16-20H,1-2H3;7-9,11-13H,1-6H3;/q2*-1;/i;3D3,13D;. The van der Waals surface area contributed by atoms with Gasteiger partial charge in [0.2, 0.25) is 0 Å². The SMILES string of the molecule is Cc1cc(-c2ccccc2)cc(C)c1-n1c(-c2[c-]ccc3c2sc2ccccc23)nc2ccccc21.[2H]C([2H])([2H])c1c[c-]c(-c2cc(C([2H])(C)C)c([Si](C)(C)C)cn2)cc1.[Ir]. The van der Waals surface area contributed by atoms with E-state index in [1.807, 2.05) is 43.5 Å². The van der Waals surface area contributed by atoms with Crippen LogP contribution in [0.4, 0.5) is 0 Å². The molecule has 0 atom stereocenters. The van der Waals surface area contributed by atoms with Gasteiger partial charge in [0.1, 0.15) is 0 Å². The van der Waals surface area contributed by atoms with E-state index in [4.69, 9.17) is 10.5 Å². The second-order valence-corrected chi connectivity index (χ2v) is 21.7. The molecule has 57 heavy (non-hydrogen) atoms. The number of aryl methyl sites for hydroxylation is 3. The normalized spacial score (nSPS) is 13.0. The van der Waals surface area contributed by atoms with Crippen LogP contribution in [0.5, 0.6) is 0 Å². The van der Waals surface area contributed by atoms with E-state index in [2.05, 4.69) is 152 Å². The molecule has 0 N–H and O–H groups in total. The van der Waals surface area contributed by atoms with Crippen molar-refractivity contribution in [3.63, 3.8) is 0 Å². The van der Waals surface area contributed by atoms with Crippen LogP contribution >= 0.6 is 11.3 Å². The van der Waals surface area contributed by atoms with Crippen LogP contribution in [-0.2, 0) is 20.1 Å². The number of para-hydroxylation sites is 2. The summed E-state index contributed by atoms with van der Waals surface area (Å²) in [5.74, 6) is 0.221. The van der Waals surface area contributed by atoms with E-state index in [0.717, 1.165) is 39.2 Å². The maximum atomic E-state index is 8.48. The summed E-state index contributed by atoms with van der Waals surface area (Å²) in [4.78, 5) is 9.74. The molecule has 3 aromatic heterocycles. The topological polar surface area (TPSA) is 30.7 Å². The minimum Gasteiger partial charge on any atom is -0.333 e. The first-order valence-corrected chi connectivity index (χ1v) is 23.3. The fourth-order valence-corrected chi connectivity index (χ4v) is 10.4. The number of fused-ring (bicyclic) bond motifs is 4. The minimum absolute atomic E-state index is 0. The van der Waals surface area contributed by atoms with Gasteiger partial charge >= 0.3 is 0 Å². The smallest absolute Gasteiger partial charge is 0.0799 e. The van der Waals surface area contributed by atoms with Gasteiger partial charge in [-0.3, -0.25) is 4.98 Å². The molecule has 287 valence electrons. The van der Waals surface area contributed by atoms with Crippen LogP contribution in [-0.4, -0.2) is 22.6 Å². The predicted molar refractivity (Wildman–Crippen MR) is 243 cm³/mol. The molecule has 0 spiro atoms. The molecule has 3 heterocycles. The number of nitrogens with zero attached hydrogens (tertiary/aromatic N) is 3. The zero-order chi connectivity index (χ0) is 42.6. The Kier molecular flexibility index (Phi) is 10.2. The number of hydrogen-bond donors (Lipinski definition) is 0. The Labute approximate surface area is 361 Å². The Hall–Kier alpha value is -4.97. The first-order chi connectivity index (χ1) is 28.5. The third-order valence-electron chi connectivity index (χ3n) is 10.3. The maximum absolute atomic E-state index is 8.48. The summed E-state index contributed by atoms with van der Waals surface area (Å²) < 4.78 is 35.6. The molecule has 3 nitrogen and oxygen atoms in total. The maximum Gasteiger partial charge on any atom is 0.0799 e. The molecule has 0 bridgehead atoms. The van der Waals surface area contributed by atoms with Crippen molar-refractivity contribution >= 4 is 55.8 Å². The van der Waals surface area contributed by atoms with Gasteiger partial charge in [0, 0.05) is 42.2 Å². The van der Waals surface area contributed by atoms with Gasteiger partial charge in [-0.25, -0.2) is 0 Å². The van der Waals surface area contributed by atoms with Crippen molar-refractivity contribution in [2.24, 2.45) is 0 Å². The largest absolute Gasteiger partial charge is 0.333 e. The predicted octanol–water partition coefficient (Wildman–Crippen LogP) is 13.7. The molecule has 0 saturated heterocycles. The second-order valence-electron chi connectivity index (χ2n) is 15.6. The molecule has 0 aliphatic heterocycles. The van der Waals surface area contributed by atoms with Gasteiger partial charge in [-0.15, -0.1) is 53.6 Å². The molecule has 0 saturated carbocycles. The second kappa shape index (κ2) is 16.5. The zero-order valence-corrected chi connectivity index (χ0v) is 37.5. The molecule has 0 fully saturated rings. The van der Waals surface area contributed by atoms with Crippen LogP contribution < -0.4 is 5.19 Å². The summed E-state index contributed by atoms with van der Waals surface area (Å²) in [6.07, 6.45) is 1.89. The first-order valence-electron chi connectivity index (χ1n) is 21.0. The summed E-state index contributed by atoms with van der Waals surface area (Å²) >= 11 is 1.82. The van der Waals surface area contributed by atoms with E-state index >= 15 is 0 Å². The summed E-state index contributed by atoms with van der Waals surface area (Å²) in [7, 11) is -1.61. The van der Waals surface area contributed by atoms with Gasteiger partial charge in [-0.2, -0.15) is 11.3 Å². The van der Waals surface area contributed by atoms with Crippen molar-refractivity contribution in [3.05, 3.63) is 168 Å². The van der Waals surface area contributed by atoms with Crippen LogP contribution in [0.15, 0.2) is 134 Å². The average molecular weight is 958 g/mol. The minimum atomic E-state index is -2.13. The Morgan fingerprint density at radius 1 is 0.789 bits per heavy atom. The van der Waals surface area contributed by atoms with Gasteiger partial charge < -0.3 is 9.55 Å². The van der Waals surface area contributed by atoms with E-state index < -0.39 is 20.8 Å². The fraction of sp³-hybridized carbons (Fsp3) is 0.176. The summed E-state index contributed by atoms with van der Waals surface area (Å²) in [5, 5.41) is 3.73. The molecule has 6 aromatic carbocycles. The molecule has 6 heteroatoms. The van der Waals surface area contributed by atoms with Crippen LogP contribution in [0, 0.1) is 32.8 Å². The Bertz CT molecular complexity index is 2990. The molecule has 0 unspecified atom stereocenters. The molecule has 0 aliphatic carbocycles. The number of aromatic nitrogens is 3. The molecule has 0 amide bonds. The number of pyridine rings is 1. The Balaban J connectivity index is 0.000000197. The van der Waals surface area contributed by atoms with E-state index in [1.165, 1.54) is 59.4 Å². The average Bonchev–Trinajstić information content (AvgIpc) is 3.79. The van der Waals surface area contributed by atoms with Crippen molar-refractivity contribution in [3.8, 4) is 39.5 Å². The number of rotatable bonds is 6. The Morgan fingerprint density at radius 2 is 1.51 bits per heavy atom. The number of thiophene rings is 1. The Morgan fingerprint density at radius 3 is 2.21 bits per heavy atom. The molecule has 9 rings (SSSR count). The van der Waals surface area contributed by atoms with Crippen molar-refractivity contribution in [2.75, 3.05) is 0 Å². The van der Waals surface area contributed by atoms with Crippen molar-refractivity contribution in [1.29, 1.82) is 0 Å². The summed E-state index contributed by atoms with van der Waals surface area (Å²) in [6.45, 7) is 12.8. The molecule has 1 radical (unpaired) electrons. The molecular formula is C51H47IrN3SSi-2. The third-order valence-corrected chi connectivity index (χ3v) is 13.5. The van der Waals surface area contributed by atoms with E-state index in [0.29, 0.717) is 0 Å². The van der Waals surface area contributed by atoms with E-state index in [9.17, 15) is 0 Å². The molecule has 9 aromatic rings. The van der Waals surface area contributed by atoms with Crippen LogP contribution in [0.1, 0.15) is 47.5 Å². The van der Waals surface area contributed by atoms with Crippen LogP contribution in [0.2, 0.25) is 19.6 Å². The summed E-state index contributed by atoms with van der Waals surface area (Å²) in [5.41, 5.74) is 12.0. The number of hydrogen-bond acceptors (Lipinski definition) is 3. The van der Waals surface area contributed by atoms with Crippen LogP contribution in [0.3, 0.4) is 0 Å². The van der Waals surface area contributed by atoms with E-state index in [-0.39, 0.29) is 25.7 Å². The number of benzene rings is 6. The van der Waals surface area contributed by atoms with Gasteiger partial charge in [0.15, 0.2) is 0 Å². The molecule has 0 aliphatic rings. The fourth-order valence-electron chi connectivity index (χ4n) is 7.58. The quantitative estimate of drug-likeness (QED) is 0.123. The van der Waals surface area contributed by atoms with Gasteiger partial charge in [-0.05, 0) is 93.3 Å². The van der Waals surface area contributed by atoms with Gasteiger partial charge in [0.05, 0.1) is 24.9 Å². The third kappa shape index (κ3) is 7.97. The van der Waals surface area contributed by atoms with Crippen molar-refractivity contribution in [2.45, 2.75) is 60.1 Å². The molecular weight excluding hydrogens is 907 g/mol. The van der Waals surface area contributed by atoms with Gasteiger partial charge in [-0.1, -0.05) is 124 Å². The van der Waals surface area contributed by atoms with Crippen molar-refractivity contribution < 1.29 is 25.6 Å². The zero-order valence-electron chi connectivity index (χ0n) is 37.3. The van der Waals surface area contributed by atoms with E-state index in [1.54, 1.807) is 12.1 Å². The number of imidazole rings is 1. The first kappa shape index (κ1) is 35.2. The monoisotopic (exact) mass is 958 g/mol. The van der Waals surface area contributed by atoms with Gasteiger partial charge in [0.25, 0.3) is 0 Å².